The molecule has 0 spiro atoms. The Morgan fingerprint density at radius 1 is 0.958 bits per heavy atom. The zero-order chi connectivity index (χ0) is 17.3. The second-order valence-electron chi connectivity index (χ2n) is 6.10. The molecule has 0 radical (unpaired) electrons. The van der Waals surface area contributed by atoms with Crippen molar-refractivity contribution in [3.05, 3.63) is 76.7 Å². The van der Waals surface area contributed by atoms with Gasteiger partial charge >= 0.3 is 0 Å². The number of aryl methyl sites for hydroxylation is 2. The molecule has 2 aromatic rings. The number of rotatable bonds is 3. The molecule has 1 heterocycles. The minimum absolute atomic E-state index is 0.0848. The molecule has 1 unspecified atom stereocenters. The predicted octanol–water partition coefficient (Wildman–Crippen LogP) is 3.26. The van der Waals surface area contributed by atoms with Crippen LogP contribution in [0.3, 0.4) is 0 Å². The molecule has 1 aliphatic heterocycles. The van der Waals surface area contributed by atoms with Gasteiger partial charge in [-0.2, -0.15) is 0 Å². The van der Waals surface area contributed by atoms with E-state index in [1.54, 1.807) is 23.1 Å². The third-order valence-corrected chi connectivity index (χ3v) is 5.45. The van der Waals surface area contributed by atoms with Crippen LogP contribution in [0, 0.1) is 13.8 Å². The van der Waals surface area contributed by atoms with E-state index in [4.69, 9.17) is 0 Å². The van der Waals surface area contributed by atoms with Gasteiger partial charge in [-0.05, 0) is 44.2 Å². The monoisotopic (exact) mass is 341 g/mol. The van der Waals surface area contributed by atoms with Gasteiger partial charge < -0.3 is 4.90 Å². The maximum atomic E-state index is 13.0. The van der Waals surface area contributed by atoms with Crippen molar-refractivity contribution in [2.24, 2.45) is 0 Å². The highest BCUT2D eigenvalue weighted by atomic mass is 32.2. The van der Waals surface area contributed by atoms with Gasteiger partial charge in [0.15, 0.2) is 9.84 Å². The van der Waals surface area contributed by atoms with E-state index in [1.165, 1.54) is 5.41 Å². The summed E-state index contributed by atoms with van der Waals surface area (Å²) in [5, 5.41) is 1.20. The first kappa shape index (κ1) is 16.5. The molecule has 124 valence electrons. The van der Waals surface area contributed by atoms with Gasteiger partial charge in [-0.3, -0.25) is 4.79 Å². The summed E-state index contributed by atoms with van der Waals surface area (Å²) in [6.07, 6.45) is 1.58. The molecular formula is C19H19NO3S. The zero-order valence-electron chi connectivity index (χ0n) is 13.6. The molecule has 1 atom stereocenters. The van der Waals surface area contributed by atoms with Crippen LogP contribution in [-0.4, -0.2) is 26.1 Å². The highest BCUT2D eigenvalue weighted by molar-refractivity contribution is 7.94. The quantitative estimate of drug-likeness (QED) is 0.861. The van der Waals surface area contributed by atoms with E-state index in [0.29, 0.717) is 11.3 Å². The lowest BCUT2D eigenvalue weighted by molar-refractivity contribution is 0.0983. The standard InChI is InChI=1S/C19H19NO3S/c1-14-3-7-16(8-4-14)19(21)20(17-9-5-15(2)6-10-17)18-11-12-24(22,23)13-18/h3-12,18H,13H2,1-2H3. The van der Waals surface area contributed by atoms with Gasteiger partial charge in [-0.1, -0.05) is 35.4 Å². The summed E-state index contributed by atoms with van der Waals surface area (Å²) in [5.41, 5.74) is 3.38. The van der Waals surface area contributed by atoms with E-state index in [1.807, 2.05) is 50.2 Å². The third-order valence-electron chi connectivity index (χ3n) is 4.07. The Morgan fingerprint density at radius 3 is 2.00 bits per heavy atom. The fraction of sp³-hybridized carbons (Fsp3) is 0.211. The average Bonchev–Trinajstić information content (AvgIpc) is 2.90. The second-order valence-corrected chi connectivity index (χ2v) is 8.03. The largest absolute Gasteiger partial charge is 0.300 e. The lowest BCUT2D eigenvalue weighted by atomic mass is 10.1. The van der Waals surface area contributed by atoms with E-state index in [9.17, 15) is 13.2 Å². The fourth-order valence-electron chi connectivity index (χ4n) is 2.72. The van der Waals surface area contributed by atoms with Gasteiger partial charge in [-0.15, -0.1) is 0 Å². The highest BCUT2D eigenvalue weighted by Crippen LogP contribution is 2.25. The van der Waals surface area contributed by atoms with Crippen LogP contribution >= 0.6 is 0 Å². The maximum absolute atomic E-state index is 13.0. The van der Waals surface area contributed by atoms with Crippen LogP contribution in [0.25, 0.3) is 0 Å². The van der Waals surface area contributed by atoms with Gasteiger partial charge in [-0.25, -0.2) is 8.42 Å². The topological polar surface area (TPSA) is 54.5 Å². The van der Waals surface area contributed by atoms with Crippen molar-refractivity contribution in [2.45, 2.75) is 19.9 Å². The Balaban J connectivity index is 2.01. The van der Waals surface area contributed by atoms with Crippen LogP contribution in [0.4, 0.5) is 5.69 Å². The number of benzene rings is 2. The number of anilines is 1. The second kappa shape index (κ2) is 6.24. The molecule has 24 heavy (non-hydrogen) atoms. The van der Waals surface area contributed by atoms with Crippen LogP contribution < -0.4 is 4.90 Å². The lowest BCUT2D eigenvalue weighted by Gasteiger charge is -2.28. The summed E-state index contributed by atoms with van der Waals surface area (Å²) < 4.78 is 23.6. The van der Waals surface area contributed by atoms with Gasteiger partial charge in [0.05, 0.1) is 11.8 Å². The molecular weight excluding hydrogens is 322 g/mol. The van der Waals surface area contributed by atoms with Crippen LogP contribution in [0.15, 0.2) is 60.0 Å². The molecule has 2 aromatic carbocycles. The fourth-order valence-corrected chi connectivity index (χ4v) is 3.99. The molecule has 0 fully saturated rings. The number of hydrogen-bond donors (Lipinski definition) is 0. The first-order valence-corrected chi connectivity index (χ1v) is 9.45. The molecule has 0 aromatic heterocycles. The summed E-state index contributed by atoms with van der Waals surface area (Å²) in [4.78, 5) is 14.6. The van der Waals surface area contributed by atoms with Crippen molar-refractivity contribution in [1.29, 1.82) is 0 Å². The summed E-state index contributed by atoms with van der Waals surface area (Å²) in [6, 6.07) is 14.3. The molecule has 5 heteroatoms. The third kappa shape index (κ3) is 3.41. The molecule has 0 bridgehead atoms. The summed E-state index contributed by atoms with van der Waals surface area (Å²) in [7, 11) is -3.25. The van der Waals surface area contributed by atoms with Crippen LogP contribution in [-0.2, 0) is 9.84 Å². The summed E-state index contributed by atoms with van der Waals surface area (Å²) in [5.74, 6) is -0.288. The minimum Gasteiger partial charge on any atom is -0.300 e. The molecule has 3 rings (SSSR count). The van der Waals surface area contributed by atoms with E-state index < -0.39 is 15.9 Å². The molecule has 0 aliphatic carbocycles. The van der Waals surface area contributed by atoms with Crippen LogP contribution in [0.2, 0.25) is 0 Å². The number of hydrogen-bond acceptors (Lipinski definition) is 3. The number of carbonyl (C=O) groups is 1. The first-order valence-electron chi connectivity index (χ1n) is 7.73. The predicted molar refractivity (Wildman–Crippen MR) is 95.9 cm³/mol. The van der Waals surface area contributed by atoms with Gasteiger partial charge in [0.1, 0.15) is 0 Å². The van der Waals surface area contributed by atoms with Crippen molar-refractivity contribution < 1.29 is 13.2 Å². The van der Waals surface area contributed by atoms with Gasteiger partial charge in [0, 0.05) is 16.7 Å². The highest BCUT2D eigenvalue weighted by Gasteiger charge is 2.31. The number of nitrogens with zero attached hydrogens (tertiary/aromatic N) is 1. The molecule has 1 amide bonds. The van der Waals surface area contributed by atoms with Gasteiger partial charge in [0.25, 0.3) is 5.91 Å². The Morgan fingerprint density at radius 2 is 1.50 bits per heavy atom. The Kier molecular flexibility index (Phi) is 4.28. The molecule has 4 nitrogen and oxygen atoms in total. The Bertz CT molecular complexity index is 881. The van der Waals surface area contributed by atoms with Crippen molar-refractivity contribution >= 4 is 21.4 Å². The molecule has 0 N–H and O–H groups in total. The van der Waals surface area contributed by atoms with Crippen LogP contribution in [0.5, 0.6) is 0 Å². The average molecular weight is 341 g/mol. The van der Waals surface area contributed by atoms with Crippen molar-refractivity contribution in [3.8, 4) is 0 Å². The molecule has 1 aliphatic rings. The number of sulfone groups is 1. The normalized spacial score (nSPS) is 18.5. The Labute approximate surface area is 142 Å². The zero-order valence-corrected chi connectivity index (χ0v) is 14.5. The van der Waals surface area contributed by atoms with Crippen LogP contribution in [0.1, 0.15) is 21.5 Å². The number of amides is 1. The lowest BCUT2D eigenvalue weighted by Crippen LogP contribution is -2.41. The minimum atomic E-state index is -3.25. The molecule has 0 saturated heterocycles. The molecule has 0 saturated carbocycles. The first-order chi connectivity index (χ1) is 11.4. The van der Waals surface area contributed by atoms with Crippen molar-refractivity contribution in [3.63, 3.8) is 0 Å². The van der Waals surface area contributed by atoms with E-state index in [-0.39, 0.29) is 11.7 Å². The summed E-state index contributed by atoms with van der Waals surface area (Å²) in [6.45, 7) is 3.92. The van der Waals surface area contributed by atoms with E-state index >= 15 is 0 Å². The smallest absolute Gasteiger partial charge is 0.258 e. The Hall–Kier alpha value is -2.40. The van der Waals surface area contributed by atoms with Crippen molar-refractivity contribution in [1.82, 2.24) is 0 Å². The van der Waals surface area contributed by atoms with E-state index in [0.717, 1.165) is 11.1 Å². The van der Waals surface area contributed by atoms with Crippen molar-refractivity contribution in [2.75, 3.05) is 10.7 Å². The number of carbonyl (C=O) groups excluding carboxylic acids is 1. The van der Waals surface area contributed by atoms with E-state index in [2.05, 4.69) is 0 Å². The van der Waals surface area contributed by atoms with Gasteiger partial charge in [0.2, 0.25) is 0 Å². The summed E-state index contributed by atoms with van der Waals surface area (Å²) >= 11 is 0. The maximum Gasteiger partial charge on any atom is 0.258 e. The SMILES string of the molecule is Cc1ccc(C(=O)N(c2ccc(C)cc2)C2C=CS(=O)(=O)C2)cc1.